The van der Waals surface area contributed by atoms with Crippen molar-refractivity contribution in [1.29, 1.82) is 0 Å². The molecule has 0 radical (unpaired) electrons. The Labute approximate surface area is 138 Å². The smallest absolute Gasteiger partial charge is 0.190 e. The molecule has 0 saturated heterocycles. The van der Waals surface area contributed by atoms with Crippen molar-refractivity contribution in [3.05, 3.63) is 34.9 Å². The Bertz CT molecular complexity index is 394. The number of rotatable bonds is 5. The first-order valence-corrected chi connectivity index (χ1v) is 6.68. The van der Waals surface area contributed by atoms with E-state index in [2.05, 4.69) is 35.5 Å². The zero-order valence-electron chi connectivity index (χ0n) is 11.7. The van der Waals surface area contributed by atoms with Gasteiger partial charge in [0.1, 0.15) is 0 Å². The fourth-order valence-electron chi connectivity index (χ4n) is 1.54. The molecule has 1 aromatic rings. The van der Waals surface area contributed by atoms with Crippen LogP contribution in [0.5, 0.6) is 0 Å². The summed E-state index contributed by atoms with van der Waals surface area (Å²) in [4.78, 5) is 4.18. The van der Waals surface area contributed by atoms with Crippen LogP contribution in [0, 0.1) is 5.92 Å². The van der Waals surface area contributed by atoms with Crippen molar-refractivity contribution >= 4 is 41.5 Å². The van der Waals surface area contributed by atoms with E-state index >= 15 is 0 Å². The summed E-state index contributed by atoms with van der Waals surface area (Å²) in [5.41, 5.74) is 1.23. The Kier molecular flexibility index (Phi) is 10.0. The van der Waals surface area contributed by atoms with Gasteiger partial charge in [0.15, 0.2) is 5.96 Å². The number of hydrogen-bond donors (Lipinski definition) is 2. The molecule has 3 nitrogen and oxygen atoms in total. The zero-order chi connectivity index (χ0) is 13.4. The molecule has 1 rings (SSSR count). The van der Waals surface area contributed by atoms with Gasteiger partial charge in [-0.05, 0) is 30.0 Å². The van der Waals surface area contributed by atoms with Gasteiger partial charge < -0.3 is 10.6 Å². The predicted molar refractivity (Wildman–Crippen MR) is 94.8 cm³/mol. The van der Waals surface area contributed by atoms with Crippen LogP contribution < -0.4 is 10.6 Å². The minimum atomic E-state index is 0. The van der Waals surface area contributed by atoms with Crippen LogP contribution in [0.25, 0.3) is 0 Å². The molecular weight excluding hydrogens is 373 g/mol. The maximum atomic E-state index is 5.94. The molecular formula is C14H23ClIN3. The van der Waals surface area contributed by atoms with Crippen molar-refractivity contribution in [2.45, 2.75) is 20.3 Å². The highest BCUT2D eigenvalue weighted by Gasteiger charge is 1.99. The molecule has 108 valence electrons. The highest BCUT2D eigenvalue weighted by atomic mass is 127. The Hall–Kier alpha value is -0.490. The van der Waals surface area contributed by atoms with Gasteiger partial charge in [0, 0.05) is 25.2 Å². The normalized spacial score (nSPS) is 11.1. The number of guanidine groups is 1. The third-order valence-electron chi connectivity index (χ3n) is 2.50. The maximum absolute atomic E-state index is 5.94. The first-order chi connectivity index (χ1) is 8.61. The van der Waals surface area contributed by atoms with Crippen molar-refractivity contribution in [2.75, 3.05) is 20.1 Å². The number of nitrogens with one attached hydrogen (secondary N) is 2. The first kappa shape index (κ1) is 18.5. The molecule has 0 unspecified atom stereocenters. The summed E-state index contributed by atoms with van der Waals surface area (Å²) >= 11 is 5.94. The van der Waals surface area contributed by atoms with Crippen LogP contribution in [-0.4, -0.2) is 26.1 Å². The Balaban J connectivity index is 0.00000324. The van der Waals surface area contributed by atoms with E-state index in [4.69, 9.17) is 11.6 Å². The molecule has 1 aromatic carbocycles. The van der Waals surface area contributed by atoms with Gasteiger partial charge >= 0.3 is 0 Å². The van der Waals surface area contributed by atoms with Crippen molar-refractivity contribution in [3.8, 4) is 0 Å². The molecule has 0 atom stereocenters. The lowest BCUT2D eigenvalue weighted by Crippen LogP contribution is -2.39. The standard InChI is InChI=1S/C14H22ClN3.HI/c1-11(2)10-18-14(16-3)17-8-7-12-5-4-6-13(15)9-12;/h4-6,9,11H,7-8,10H2,1-3H3,(H2,16,17,18);1H. The lowest BCUT2D eigenvalue weighted by Gasteiger charge is -2.13. The molecule has 0 saturated carbocycles. The topological polar surface area (TPSA) is 36.4 Å². The Morgan fingerprint density at radius 2 is 2.05 bits per heavy atom. The molecule has 0 aromatic heterocycles. The number of nitrogens with zero attached hydrogens (tertiary/aromatic N) is 1. The van der Waals surface area contributed by atoms with Gasteiger partial charge in [-0.25, -0.2) is 0 Å². The Morgan fingerprint density at radius 3 is 2.63 bits per heavy atom. The predicted octanol–water partition coefficient (Wildman–Crippen LogP) is 3.32. The van der Waals surface area contributed by atoms with E-state index in [0.29, 0.717) is 5.92 Å². The summed E-state index contributed by atoms with van der Waals surface area (Å²) in [5, 5.41) is 7.35. The molecule has 0 aliphatic carbocycles. The summed E-state index contributed by atoms with van der Waals surface area (Å²) < 4.78 is 0. The van der Waals surface area contributed by atoms with Gasteiger partial charge in [0.2, 0.25) is 0 Å². The summed E-state index contributed by atoms with van der Waals surface area (Å²) in [6.07, 6.45) is 0.933. The van der Waals surface area contributed by atoms with Crippen molar-refractivity contribution in [3.63, 3.8) is 0 Å². The fourth-order valence-corrected chi connectivity index (χ4v) is 1.75. The molecule has 0 fully saturated rings. The number of benzene rings is 1. The third kappa shape index (κ3) is 8.31. The minimum Gasteiger partial charge on any atom is -0.356 e. The van der Waals surface area contributed by atoms with Gasteiger partial charge in [-0.1, -0.05) is 37.6 Å². The van der Waals surface area contributed by atoms with Crippen LogP contribution in [-0.2, 0) is 6.42 Å². The molecule has 0 spiro atoms. The maximum Gasteiger partial charge on any atom is 0.190 e. The lowest BCUT2D eigenvalue weighted by atomic mass is 10.1. The Morgan fingerprint density at radius 1 is 1.32 bits per heavy atom. The highest BCUT2D eigenvalue weighted by Crippen LogP contribution is 2.10. The number of halogens is 2. The van der Waals surface area contributed by atoms with Crippen molar-refractivity contribution in [2.24, 2.45) is 10.9 Å². The highest BCUT2D eigenvalue weighted by molar-refractivity contribution is 14.0. The van der Waals surface area contributed by atoms with E-state index < -0.39 is 0 Å². The van der Waals surface area contributed by atoms with E-state index in [9.17, 15) is 0 Å². The summed E-state index contributed by atoms with van der Waals surface area (Å²) in [6, 6.07) is 7.94. The fraction of sp³-hybridized carbons (Fsp3) is 0.500. The van der Waals surface area contributed by atoms with E-state index in [-0.39, 0.29) is 24.0 Å². The van der Waals surface area contributed by atoms with Gasteiger partial charge in [0.05, 0.1) is 0 Å². The van der Waals surface area contributed by atoms with Crippen LogP contribution in [0.4, 0.5) is 0 Å². The molecule has 0 amide bonds. The van der Waals surface area contributed by atoms with E-state index in [1.165, 1.54) is 5.56 Å². The summed E-state index contributed by atoms with van der Waals surface area (Å²) in [5.74, 6) is 1.46. The van der Waals surface area contributed by atoms with Crippen LogP contribution in [0.15, 0.2) is 29.3 Å². The van der Waals surface area contributed by atoms with Gasteiger partial charge in [0.25, 0.3) is 0 Å². The SMILES string of the molecule is CN=C(NCCc1cccc(Cl)c1)NCC(C)C.I. The van der Waals surface area contributed by atoms with Crippen LogP contribution in [0.3, 0.4) is 0 Å². The van der Waals surface area contributed by atoms with Crippen molar-refractivity contribution in [1.82, 2.24) is 10.6 Å². The molecule has 5 heteroatoms. The average Bonchev–Trinajstić information content (AvgIpc) is 2.33. The number of aliphatic imine (C=N–C) groups is 1. The molecule has 19 heavy (non-hydrogen) atoms. The first-order valence-electron chi connectivity index (χ1n) is 6.30. The van der Waals surface area contributed by atoms with Gasteiger partial charge in [-0.2, -0.15) is 0 Å². The van der Waals surface area contributed by atoms with E-state index in [0.717, 1.165) is 30.5 Å². The van der Waals surface area contributed by atoms with Gasteiger partial charge in [-0.15, -0.1) is 24.0 Å². The minimum absolute atomic E-state index is 0. The second-order valence-electron chi connectivity index (χ2n) is 4.65. The second kappa shape index (κ2) is 10.3. The third-order valence-corrected chi connectivity index (χ3v) is 2.73. The summed E-state index contributed by atoms with van der Waals surface area (Å²) in [6.45, 7) is 6.12. The van der Waals surface area contributed by atoms with Crippen LogP contribution >= 0.6 is 35.6 Å². The zero-order valence-corrected chi connectivity index (χ0v) is 14.8. The van der Waals surface area contributed by atoms with Crippen LogP contribution in [0.2, 0.25) is 5.02 Å². The quantitative estimate of drug-likeness (QED) is 0.456. The van der Waals surface area contributed by atoms with Gasteiger partial charge in [-0.3, -0.25) is 4.99 Å². The molecule has 0 aliphatic heterocycles. The lowest BCUT2D eigenvalue weighted by molar-refractivity contribution is 0.614. The van der Waals surface area contributed by atoms with E-state index in [1.54, 1.807) is 7.05 Å². The largest absolute Gasteiger partial charge is 0.356 e. The van der Waals surface area contributed by atoms with E-state index in [1.807, 2.05) is 18.2 Å². The van der Waals surface area contributed by atoms with Crippen LogP contribution in [0.1, 0.15) is 19.4 Å². The number of hydrogen-bond acceptors (Lipinski definition) is 1. The monoisotopic (exact) mass is 395 g/mol. The molecule has 0 heterocycles. The molecule has 0 aliphatic rings. The second-order valence-corrected chi connectivity index (χ2v) is 5.09. The summed E-state index contributed by atoms with van der Waals surface area (Å²) in [7, 11) is 1.79. The molecule has 0 bridgehead atoms. The molecule has 2 N–H and O–H groups in total. The average molecular weight is 396 g/mol. The van der Waals surface area contributed by atoms with Crippen molar-refractivity contribution < 1.29 is 0 Å².